The highest BCUT2D eigenvalue weighted by Gasteiger charge is 2.11. The number of nitrogens with zero attached hydrogens (tertiary/aromatic N) is 4. The molecular formula is C30H34N4. The molecule has 3 heterocycles. The van der Waals surface area contributed by atoms with Crippen molar-refractivity contribution in [2.24, 2.45) is 0 Å². The number of hydrogen-bond acceptors (Lipinski definition) is 4. The average molecular weight is 451 g/mol. The fourth-order valence-electron chi connectivity index (χ4n) is 4.83. The Bertz CT molecular complexity index is 1020. The molecule has 1 aromatic heterocycles. The van der Waals surface area contributed by atoms with Gasteiger partial charge in [-0.2, -0.15) is 0 Å². The molecule has 0 aliphatic carbocycles. The highest BCUT2D eigenvalue weighted by atomic mass is 15.1. The van der Waals surface area contributed by atoms with Gasteiger partial charge in [-0.15, -0.1) is 0 Å². The van der Waals surface area contributed by atoms with E-state index in [-0.39, 0.29) is 0 Å². The van der Waals surface area contributed by atoms with Crippen molar-refractivity contribution in [2.75, 3.05) is 36.0 Å². The van der Waals surface area contributed by atoms with E-state index in [9.17, 15) is 0 Å². The van der Waals surface area contributed by atoms with E-state index in [1.165, 1.54) is 87.2 Å². The predicted octanol–water partition coefficient (Wildman–Crippen LogP) is 6.80. The van der Waals surface area contributed by atoms with Crippen LogP contribution in [0.5, 0.6) is 0 Å². The van der Waals surface area contributed by atoms with Crippen LogP contribution in [0.1, 0.15) is 61.0 Å². The Kier molecular flexibility index (Phi) is 7.34. The summed E-state index contributed by atoms with van der Waals surface area (Å²) in [5, 5.41) is 0. The van der Waals surface area contributed by atoms with Gasteiger partial charge in [-0.05, 0) is 92.1 Å². The van der Waals surface area contributed by atoms with Crippen molar-refractivity contribution in [3.05, 3.63) is 83.4 Å². The largest absolute Gasteiger partial charge is 0.372 e. The van der Waals surface area contributed by atoms with Crippen molar-refractivity contribution in [3.8, 4) is 0 Å². The molecule has 174 valence electrons. The lowest BCUT2D eigenvalue weighted by molar-refractivity contribution is 0.578. The third-order valence-corrected chi connectivity index (χ3v) is 6.83. The Balaban J connectivity index is 1.20. The monoisotopic (exact) mass is 450 g/mol. The van der Waals surface area contributed by atoms with Gasteiger partial charge in [-0.1, -0.05) is 36.4 Å². The minimum atomic E-state index is 0.912. The highest BCUT2D eigenvalue weighted by Crippen LogP contribution is 2.22. The molecule has 2 aromatic carbocycles. The standard InChI is InChI=1S/C30H34N4/c1-3-19-33(20-4-1)29-15-9-25(10-16-29)7-13-27-23-28(32-24-31-27)14-8-26-11-17-30(18-12-26)34-21-5-2-6-22-34/h7-18,23-24H,1-6,19-22H2/b13-7+,14-8+. The zero-order valence-corrected chi connectivity index (χ0v) is 19.9. The lowest BCUT2D eigenvalue weighted by Gasteiger charge is -2.28. The second-order valence-corrected chi connectivity index (χ2v) is 9.31. The lowest BCUT2D eigenvalue weighted by Crippen LogP contribution is -2.29. The van der Waals surface area contributed by atoms with Crippen molar-refractivity contribution >= 4 is 35.7 Å². The summed E-state index contributed by atoms with van der Waals surface area (Å²) in [6.07, 6.45) is 17.9. The Morgan fingerprint density at radius 1 is 0.500 bits per heavy atom. The normalized spacial score (nSPS) is 17.1. The second kappa shape index (κ2) is 11.1. The van der Waals surface area contributed by atoms with E-state index < -0.39 is 0 Å². The van der Waals surface area contributed by atoms with Crippen LogP contribution in [0.2, 0.25) is 0 Å². The van der Waals surface area contributed by atoms with Crippen LogP contribution in [0, 0.1) is 0 Å². The number of benzene rings is 2. The average Bonchev–Trinajstić information content (AvgIpc) is 2.93. The summed E-state index contributed by atoms with van der Waals surface area (Å²) >= 11 is 0. The summed E-state index contributed by atoms with van der Waals surface area (Å²) in [7, 11) is 0. The van der Waals surface area contributed by atoms with Gasteiger partial charge in [-0.25, -0.2) is 9.97 Å². The first-order chi connectivity index (χ1) is 16.8. The fraction of sp³-hybridized carbons (Fsp3) is 0.333. The van der Waals surface area contributed by atoms with Crippen molar-refractivity contribution in [3.63, 3.8) is 0 Å². The maximum Gasteiger partial charge on any atom is 0.116 e. The Morgan fingerprint density at radius 3 is 1.32 bits per heavy atom. The third-order valence-electron chi connectivity index (χ3n) is 6.83. The first kappa shape index (κ1) is 22.4. The van der Waals surface area contributed by atoms with E-state index in [0.717, 1.165) is 11.4 Å². The first-order valence-corrected chi connectivity index (χ1v) is 12.7. The van der Waals surface area contributed by atoms with E-state index in [4.69, 9.17) is 0 Å². The topological polar surface area (TPSA) is 32.3 Å². The Labute approximate surface area is 203 Å². The van der Waals surface area contributed by atoms with Gasteiger partial charge in [0.05, 0.1) is 11.4 Å². The second-order valence-electron chi connectivity index (χ2n) is 9.31. The fourth-order valence-corrected chi connectivity index (χ4v) is 4.83. The molecule has 4 nitrogen and oxygen atoms in total. The van der Waals surface area contributed by atoms with Crippen LogP contribution in [-0.2, 0) is 0 Å². The number of piperidine rings is 2. The van der Waals surface area contributed by atoms with E-state index in [1.54, 1.807) is 6.33 Å². The van der Waals surface area contributed by atoms with Crippen molar-refractivity contribution in [2.45, 2.75) is 38.5 Å². The van der Waals surface area contributed by atoms with Crippen LogP contribution in [-0.4, -0.2) is 36.1 Å². The SMILES string of the molecule is C(=C\c1cc(/C=C/c2ccc(N3CCCCC3)cc2)ncn1)/c1ccc(N2CCCCC2)cc1. The predicted molar refractivity (Wildman–Crippen MR) is 145 cm³/mol. The molecule has 0 saturated carbocycles. The number of aromatic nitrogens is 2. The van der Waals surface area contributed by atoms with Crippen molar-refractivity contribution in [1.29, 1.82) is 0 Å². The van der Waals surface area contributed by atoms with Gasteiger partial charge in [0, 0.05) is 37.6 Å². The number of hydrogen-bond donors (Lipinski definition) is 0. The van der Waals surface area contributed by atoms with Gasteiger partial charge in [-0.3, -0.25) is 0 Å². The highest BCUT2D eigenvalue weighted by molar-refractivity contribution is 5.72. The third kappa shape index (κ3) is 5.93. The van der Waals surface area contributed by atoms with Gasteiger partial charge in [0.25, 0.3) is 0 Å². The van der Waals surface area contributed by atoms with Gasteiger partial charge >= 0.3 is 0 Å². The van der Waals surface area contributed by atoms with E-state index in [2.05, 4.69) is 92.6 Å². The molecule has 0 unspecified atom stereocenters. The number of anilines is 2. The van der Waals surface area contributed by atoms with Crippen LogP contribution in [0.15, 0.2) is 60.9 Å². The minimum Gasteiger partial charge on any atom is -0.372 e. The van der Waals surface area contributed by atoms with Gasteiger partial charge in [0.2, 0.25) is 0 Å². The first-order valence-electron chi connectivity index (χ1n) is 12.7. The molecule has 0 N–H and O–H groups in total. The molecule has 5 rings (SSSR count). The van der Waals surface area contributed by atoms with Crippen LogP contribution >= 0.6 is 0 Å². The Morgan fingerprint density at radius 2 is 0.912 bits per heavy atom. The van der Waals surface area contributed by atoms with E-state index >= 15 is 0 Å². The van der Waals surface area contributed by atoms with Crippen LogP contribution < -0.4 is 9.80 Å². The molecule has 2 fully saturated rings. The molecule has 3 aromatic rings. The molecule has 2 aliphatic rings. The summed E-state index contributed by atoms with van der Waals surface area (Å²) in [5.41, 5.74) is 6.85. The quantitative estimate of drug-likeness (QED) is 0.413. The van der Waals surface area contributed by atoms with Crippen LogP contribution in [0.4, 0.5) is 11.4 Å². The number of rotatable bonds is 6. The minimum absolute atomic E-state index is 0.912. The Hall–Kier alpha value is -3.40. The molecule has 0 spiro atoms. The van der Waals surface area contributed by atoms with Gasteiger partial charge in [0.1, 0.15) is 6.33 Å². The summed E-state index contributed by atoms with van der Waals surface area (Å²) in [4.78, 5) is 13.8. The van der Waals surface area contributed by atoms with Crippen molar-refractivity contribution < 1.29 is 0 Å². The molecule has 4 heteroatoms. The van der Waals surface area contributed by atoms with Crippen LogP contribution in [0.3, 0.4) is 0 Å². The lowest BCUT2D eigenvalue weighted by atomic mass is 10.1. The zero-order valence-electron chi connectivity index (χ0n) is 19.9. The molecule has 0 amide bonds. The molecule has 0 atom stereocenters. The van der Waals surface area contributed by atoms with Gasteiger partial charge < -0.3 is 9.80 Å². The smallest absolute Gasteiger partial charge is 0.116 e. The summed E-state index contributed by atoms with van der Waals surface area (Å²) in [6, 6.07) is 19.7. The van der Waals surface area contributed by atoms with Crippen LogP contribution in [0.25, 0.3) is 24.3 Å². The zero-order chi connectivity index (χ0) is 23.0. The maximum absolute atomic E-state index is 4.42. The van der Waals surface area contributed by atoms with E-state index in [0.29, 0.717) is 0 Å². The molecule has 2 saturated heterocycles. The molecule has 34 heavy (non-hydrogen) atoms. The summed E-state index contributed by atoms with van der Waals surface area (Å²) in [5.74, 6) is 0. The maximum atomic E-state index is 4.42. The van der Waals surface area contributed by atoms with E-state index in [1.807, 2.05) is 6.07 Å². The molecule has 0 radical (unpaired) electrons. The molecule has 0 bridgehead atoms. The van der Waals surface area contributed by atoms with Gasteiger partial charge in [0.15, 0.2) is 0 Å². The molecular weight excluding hydrogens is 416 g/mol. The van der Waals surface area contributed by atoms with Crippen molar-refractivity contribution in [1.82, 2.24) is 9.97 Å². The summed E-state index contributed by atoms with van der Waals surface area (Å²) in [6.45, 7) is 4.70. The summed E-state index contributed by atoms with van der Waals surface area (Å²) < 4.78 is 0. The molecule has 2 aliphatic heterocycles.